The van der Waals surface area contributed by atoms with Crippen molar-refractivity contribution in [2.45, 2.75) is 19.8 Å². The number of rotatable bonds is 5. The van der Waals surface area contributed by atoms with Gasteiger partial charge in [-0.15, -0.1) is 5.10 Å². The van der Waals surface area contributed by atoms with Gasteiger partial charge in [-0.25, -0.2) is 4.39 Å². The molecular weight excluding hydrogens is 341 g/mol. The van der Waals surface area contributed by atoms with Crippen LogP contribution < -0.4 is 10.6 Å². The van der Waals surface area contributed by atoms with Gasteiger partial charge in [0, 0.05) is 11.4 Å². The van der Waals surface area contributed by atoms with E-state index in [0.717, 1.165) is 11.3 Å². The van der Waals surface area contributed by atoms with Gasteiger partial charge < -0.3 is 10.6 Å². The molecule has 2 aromatic carbocycles. The summed E-state index contributed by atoms with van der Waals surface area (Å²) in [4.78, 5) is 4.38. The summed E-state index contributed by atoms with van der Waals surface area (Å²) in [7, 11) is 0. The Hall–Kier alpha value is -2.73. The van der Waals surface area contributed by atoms with E-state index in [1.165, 1.54) is 18.3 Å². The van der Waals surface area contributed by atoms with Gasteiger partial charge in [-0.2, -0.15) is 10.1 Å². The molecule has 1 aromatic heterocycles. The summed E-state index contributed by atoms with van der Waals surface area (Å²) < 4.78 is 13.2. The van der Waals surface area contributed by atoms with Crippen LogP contribution in [0.1, 0.15) is 25.3 Å². The van der Waals surface area contributed by atoms with E-state index in [0.29, 0.717) is 23.4 Å². The van der Waals surface area contributed by atoms with Gasteiger partial charge in [0.15, 0.2) is 5.82 Å². The van der Waals surface area contributed by atoms with Gasteiger partial charge in [-0.05, 0) is 35.7 Å². The van der Waals surface area contributed by atoms with Crippen LogP contribution in [0.15, 0.2) is 48.7 Å². The molecule has 7 heteroatoms. The van der Waals surface area contributed by atoms with E-state index in [-0.39, 0.29) is 5.02 Å². The van der Waals surface area contributed by atoms with Gasteiger partial charge in [-0.3, -0.25) is 0 Å². The highest BCUT2D eigenvalue weighted by molar-refractivity contribution is 6.31. The zero-order chi connectivity index (χ0) is 17.8. The Kier molecular flexibility index (Phi) is 5.09. The minimum absolute atomic E-state index is 0.0382. The maximum absolute atomic E-state index is 13.2. The topological polar surface area (TPSA) is 62.7 Å². The number of nitrogens with one attached hydrogen (secondary N) is 2. The first kappa shape index (κ1) is 17.1. The number of benzene rings is 2. The van der Waals surface area contributed by atoms with Gasteiger partial charge in [0.1, 0.15) is 5.82 Å². The fraction of sp³-hybridized carbons (Fsp3) is 0.167. The van der Waals surface area contributed by atoms with Crippen molar-refractivity contribution in [1.29, 1.82) is 0 Å². The molecule has 0 saturated heterocycles. The van der Waals surface area contributed by atoms with Crippen LogP contribution >= 0.6 is 11.6 Å². The van der Waals surface area contributed by atoms with Crippen molar-refractivity contribution in [3.63, 3.8) is 0 Å². The average molecular weight is 358 g/mol. The second-order valence-corrected chi connectivity index (χ2v) is 6.19. The summed E-state index contributed by atoms with van der Waals surface area (Å²) in [6.45, 7) is 4.24. The highest BCUT2D eigenvalue weighted by Gasteiger charge is 2.08. The minimum Gasteiger partial charge on any atom is -0.339 e. The fourth-order valence-electron chi connectivity index (χ4n) is 2.37. The third-order valence-corrected chi connectivity index (χ3v) is 3.87. The molecule has 3 aromatic rings. The fourth-order valence-corrected chi connectivity index (χ4v) is 2.55. The standard InChI is InChI=1S/C18H17ClFN5/c1-11(2)13-5-3-4-6-16(13)23-18-24-17(10-21-25-18)22-12-7-8-15(20)14(19)9-12/h3-11H,1-2H3,(H2,22,23,24,25). The maximum Gasteiger partial charge on any atom is 0.249 e. The van der Waals surface area contributed by atoms with E-state index in [1.54, 1.807) is 6.07 Å². The Balaban J connectivity index is 1.81. The molecule has 0 unspecified atom stereocenters. The van der Waals surface area contributed by atoms with Crippen molar-refractivity contribution in [3.8, 4) is 0 Å². The van der Waals surface area contributed by atoms with Crippen molar-refractivity contribution in [2.75, 3.05) is 10.6 Å². The molecule has 0 amide bonds. The molecule has 0 fully saturated rings. The largest absolute Gasteiger partial charge is 0.339 e. The van der Waals surface area contributed by atoms with E-state index in [9.17, 15) is 4.39 Å². The SMILES string of the molecule is CC(C)c1ccccc1Nc1nncc(Nc2ccc(F)c(Cl)c2)n1. The van der Waals surface area contributed by atoms with Crippen molar-refractivity contribution in [1.82, 2.24) is 15.2 Å². The highest BCUT2D eigenvalue weighted by Crippen LogP contribution is 2.26. The summed E-state index contributed by atoms with van der Waals surface area (Å²) in [5.74, 6) is 0.730. The van der Waals surface area contributed by atoms with Gasteiger partial charge in [-0.1, -0.05) is 43.6 Å². The Morgan fingerprint density at radius 3 is 2.64 bits per heavy atom. The lowest BCUT2D eigenvalue weighted by atomic mass is 10.0. The lowest BCUT2D eigenvalue weighted by Crippen LogP contribution is -2.04. The van der Waals surface area contributed by atoms with Gasteiger partial charge >= 0.3 is 0 Å². The van der Waals surface area contributed by atoms with Crippen LogP contribution in [0.4, 0.5) is 27.5 Å². The van der Waals surface area contributed by atoms with Crippen LogP contribution in [-0.2, 0) is 0 Å². The zero-order valence-corrected chi connectivity index (χ0v) is 14.5. The molecule has 3 rings (SSSR count). The molecule has 0 aliphatic carbocycles. The van der Waals surface area contributed by atoms with Crippen molar-refractivity contribution >= 4 is 34.7 Å². The maximum atomic E-state index is 13.2. The smallest absolute Gasteiger partial charge is 0.249 e. The summed E-state index contributed by atoms with van der Waals surface area (Å²) in [6.07, 6.45) is 1.48. The Morgan fingerprint density at radius 2 is 1.88 bits per heavy atom. The number of halogens is 2. The first-order valence-electron chi connectivity index (χ1n) is 7.80. The van der Waals surface area contributed by atoms with Crippen LogP contribution in [0.25, 0.3) is 0 Å². The number of anilines is 4. The lowest BCUT2D eigenvalue weighted by Gasteiger charge is -2.13. The molecule has 0 aliphatic heterocycles. The molecule has 0 atom stereocenters. The van der Waals surface area contributed by atoms with Crippen LogP contribution in [-0.4, -0.2) is 15.2 Å². The molecule has 25 heavy (non-hydrogen) atoms. The molecule has 0 radical (unpaired) electrons. The van der Waals surface area contributed by atoms with Crippen molar-refractivity contribution in [3.05, 3.63) is 65.1 Å². The number of aromatic nitrogens is 3. The number of hydrogen-bond donors (Lipinski definition) is 2. The van der Waals surface area contributed by atoms with Gasteiger partial charge in [0.2, 0.25) is 5.95 Å². The van der Waals surface area contributed by atoms with Crippen LogP contribution in [0.2, 0.25) is 5.02 Å². The number of hydrogen-bond acceptors (Lipinski definition) is 5. The van der Waals surface area contributed by atoms with E-state index in [1.807, 2.05) is 18.2 Å². The molecule has 0 bridgehead atoms. The van der Waals surface area contributed by atoms with Crippen molar-refractivity contribution < 1.29 is 4.39 Å². The third kappa shape index (κ3) is 4.22. The van der Waals surface area contributed by atoms with Gasteiger partial charge in [0.05, 0.1) is 11.2 Å². The van der Waals surface area contributed by atoms with Crippen molar-refractivity contribution in [2.24, 2.45) is 0 Å². The van der Waals surface area contributed by atoms with E-state index < -0.39 is 5.82 Å². The molecule has 0 spiro atoms. The van der Waals surface area contributed by atoms with E-state index in [2.05, 4.69) is 45.7 Å². The third-order valence-electron chi connectivity index (χ3n) is 3.58. The van der Waals surface area contributed by atoms with Gasteiger partial charge in [0.25, 0.3) is 0 Å². The molecular formula is C18H17ClFN5. The highest BCUT2D eigenvalue weighted by atomic mass is 35.5. The Labute approximate surface area is 150 Å². The summed E-state index contributed by atoms with van der Waals surface area (Å²) in [5.41, 5.74) is 2.71. The average Bonchev–Trinajstić information content (AvgIpc) is 2.59. The molecule has 1 heterocycles. The second kappa shape index (κ2) is 7.44. The monoisotopic (exact) mass is 357 g/mol. The lowest BCUT2D eigenvalue weighted by molar-refractivity contribution is 0.628. The quantitative estimate of drug-likeness (QED) is 0.650. The van der Waals surface area contributed by atoms with Crippen LogP contribution in [0, 0.1) is 5.82 Å². The summed E-state index contributed by atoms with van der Waals surface area (Å²) in [6, 6.07) is 12.3. The normalized spacial score (nSPS) is 10.8. The molecule has 2 N–H and O–H groups in total. The number of para-hydroxylation sites is 1. The summed E-state index contributed by atoms with van der Waals surface area (Å²) in [5, 5.41) is 14.2. The molecule has 128 valence electrons. The molecule has 0 saturated carbocycles. The summed E-state index contributed by atoms with van der Waals surface area (Å²) >= 11 is 5.79. The van der Waals surface area contributed by atoms with Crippen LogP contribution in [0.5, 0.6) is 0 Å². The predicted octanol–water partition coefficient (Wildman–Crippen LogP) is 5.27. The Morgan fingerprint density at radius 1 is 1.08 bits per heavy atom. The van der Waals surface area contributed by atoms with E-state index >= 15 is 0 Å². The number of nitrogens with zero attached hydrogens (tertiary/aromatic N) is 3. The molecule has 5 nitrogen and oxygen atoms in total. The molecule has 0 aliphatic rings. The van der Waals surface area contributed by atoms with E-state index in [4.69, 9.17) is 11.6 Å². The minimum atomic E-state index is -0.472. The second-order valence-electron chi connectivity index (χ2n) is 5.79. The Bertz CT molecular complexity index is 885. The zero-order valence-electron chi connectivity index (χ0n) is 13.8. The van der Waals surface area contributed by atoms with Crippen LogP contribution in [0.3, 0.4) is 0 Å². The first-order valence-corrected chi connectivity index (χ1v) is 8.18. The first-order chi connectivity index (χ1) is 12.0. The predicted molar refractivity (Wildman–Crippen MR) is 98.3 cm³/mol.